The van der Waals surface area contributed by atoms with Crippen LogP contribution in [-0.4, -0.2) is 18.2 Å². The van der Waals surface area contributed by atoms with Gasteiger partial charge in [-0.25, -0.2) is 0 Å². The van der Waals surface area contributed by atoms with Gasteiger partial charge in [0.1, 0.15) is 0 Å². The molecular formula is C9H12N2OV. The number of carbonyl (C=O) groups excluding carboxylic acids is 1. The molecule has 3 nitrogen and oxygen atoms in total. The first-order valence-corrected chi connectivity index (χ1v) is 4.62. The Hall–Kier alpha value is -1.06. The summed E-state index contributed by atoms with van der Waals surface area (Å²) in [6, 6.07) is 6.96. The molecule has 0 saturated heterocycles. The van der Waals surface area contributed by atoms with Crippen molar-refractivity contribution >= 4 is 16.8 Å². The van der Waals surface area contributed by atoms with Gasteiger partial charge in [0.15, 0.2) is 0 Å². The number of amides is 1. The van der Waals surface area contributed by atoms with Crippen molar-refractivity contribution in [2.45, 2.75) is 0 Å². The van der Waals surface area contributed by atoms with Gasteiger partial charge in [-0.2, -0.15) is 0 Å². The van der Waals surface area contributed by atoms with Crippen LogP contribution in [0.3, 0.4) is 0 Å². The van der Waals surface area contributed by atoms with Gasteiger partial charge in [-0.05, 0) is 12.1 Å². The molecule has 0 aromatic heterocycles. The first kappa shape index (κ1) is 11.9. The molecule has 0 aliphatic heterocycles. The number of anilines is 1. The molecule has 0 fully saturated rings. The SMILES string of the molecule is CNC(=O)c1ccccc1N.[CH2]=[V]. The number of para-hydroxylation sites is 1. The summed E-state index contributed by atoms with van der Waals surface area (Å²) in [4.78, 5) is 11.0. The van der Waals surface area contributed by atoms with E-state index in [2.05, 4.69) is 27.5 Å². The molecule has 0 atom stereocenters. The van der Waals surface area contributed by atoms with Gasteiger partial charge < -0.3 is 11.1 Å². The predicted octanol–water partition coefficient (Wildman–Crippen LogP) is 0.594. The van der Waals surface area contributed by atoms with Crippen LogP contribution in [0.25, 0.3) is 0 Å². The second-order valence-corrected chi connectivity index (χ2v) is 2.17. The average Bonchev–Trinajstić information content (AvgIpc) is 2.20. The molecule has 0 spiro atoms. The Kier molecular flexibility index (Phi) is 5.93. The molecule has 1 aromatic carbocycles. The van der Waals surface area contributed by atoms with Crippen molar-refractivity contribution in [1.82, 2.24) is 5.32 Å². The van der Waals surface area contributed by atoms with E-state index in [1.165, 1.54) is 0 Å². The van der Waals surface area contributed by atoms with E-state index in [9.17, 15) is 4.79 Å². The Balaban J connectivity index is 0.000000671. The molecule has 0 unspecified atom stereocenters. The normalized spacial score (nSPS) is 8.00. The van der Waals surface area contributed by atoms with Crippen LogP contribution in [0.4, 0.5) is 5.69 Å². The van der Waals surface area contributed by atoms with E-state index in [0.717, 1.165) is 0 Å². The Labute approximate surface area is 86.8 Å². The molecular weight excluding hydrogens is 203 g/mol. The van der Waals surface area contributed by atoms with Crippen molar-refractivity contribution in [3.8, 4) is 0 Å². The van der Waals surface area contributed by atoms with E-state index >= 15 is 0 Å². The fourth-order valence-corrected chi connectivity index (χ4v) is 0.838. The summed E-state index contributed by atoms with van der Waals surface area (Å²) in [5, 5.41) is 5.69. The fraction of sp³-hybridized carbons (Fsp3) is 0.111. The Bertz CT molecular complexity index is 289. The monoisotopic (exact) mass is 215 g/mol. The first-order valence-electron chi connectivity index (χ1n) is 3.64. The average molecular weight is 215 g/mol. The molecule has 1 amide bonds. The number of rotatable bonds is 1. The third-order valence-corrected chi connectivity index (χ3v) is 1.43. The minimum absolute atomic E-state index is 0.150. The van der Waals surface area contributed by atoms with E-state index in [1.54, 1.807) is 31.3 Å². The number of nitrogens with two attached hydrogens (primary N) is 1. The van der Waals surface area contributed by atoms with E-state index in [-0.39, 0.29) is 5.91 Å². The molecule has 1 aromatic rings. The number of nitrogens with one attached hydrogen (secondary N) is 1. The molecule has 0 aliphatic carbocycles. The van der Waals surface area contributed by atoms with Crippen molar-refractivity contribution in [2.75, 3.05) is 12.8 Å². The van der Waals surface area contributed by atoms with E-state index < -0.39 is 0 Å². The van der Waals surface area contributed by atoms with Gasteiger partial charge >= 0.3 is 22.2 Å². The summed E-state index contributed by atoms with van der Waals surface area (Å²) in [7, 11) is 1.58. The summed E-state index contributed by atoms with van der Waals surface area (Å²) in [6.07, 6.45) is 0. The van der Waals surface area contributed by atoms with E-state index in [0.29, 0.717) is 11.3 Å². The van der Waals surface area contributed by atoms with Gasteiger partial charge in [0, 0.05) is 12.7 Å². The van der Waals surface area contributed by atoms with Crippen molar-refractivity contribution < 1.29 is 21.8 Å². The predicted molar refractivity (Wildman–Crippen MR) is 51.4 cm³/mol. The van der Waals surface area contributed by atoms with Crippen LogP contribution in [-0.2, 0) is 17.0 Å². The molecule has 0 heterocycles. The second-order valence-electron chi connectivity index (χ2n) is 2.17. The topological polar surface area (TPSA) is 55.1 Å². The minimum atomic E-state index is -0.150. The van der Waals surface area contributed by atoms with Gasteiger partial charge in [0.25, 0.3) is 5.91 Å². The van der Waals surface area contributed by atoms with Crippen LogP contribution < -0.4 is 11.1 Å². The summed E-state index contributed by atoms with van der Waals surface area (Å²) in [5.41, 5.74) is 6.57. The number of nitrogen functional groups attached to an aromatic ring is 1. The molecule has 0 aliphatic rings. The van der Waals surface area contributed by atoms with Crippen LogP contribution >= 0.6 is 0 Å². The van der Waals surface area contributed by atoms with Gasteiger partial charge in [-0.3, -0.25) is 4.79 Å². The van der Waals surface area contributed by atoms with Gasteiger partial charge in [-0.1, -0.05) is 12.1 Å². The zero-order chi connectivity index (χ0) is 10.3. The summed E-state index contributed by atoms with van der Waals surface area (Å²) in [6.45, 7) is 0. The summed E-state index contributed by atoms with van der Waals surface area (Å²) < 4.78 is 0. The maximum absolute atomic E-state index is 11.0. The second kappa shape index (κ2) is 6.46. The van der Waals surface area contributed by atoms with Crippen LogP contribution in [0.1, 0.15) is 10.4 Å². The zero-order valence-corrected chi connectivity index (χ0v) is 8.85. The van der Waals surface area contributed by atoms with E-state index in [1.807, 2.05) is 0 Å². The fourth-order valence-electron chi connectivity index (χ4n) is 0.838. The number of carbonyl (C=O) groups is 1. The van der Waals surface area contributed by atoms with Gasteiger partial charge in [0.2, 0.25) is 0 Å². The Morgan fingerprint density at radius 2 is 2.00 bits per heavy atom. The molecule has 1 rings (SSSR count). The van der Waals surface area contributed by atoms with Crippen molar-refractivity contribution in [2.24, 2.45) is 0 Å². The molecule has 4 heteroatoms. The van der Waals surface area contributed by atoms with Crippen LogP contribution in [0.2, 0.25) is 0 Å². The standard InChI is InChI=1S/C8H10N2O.CH2.V/c1-10-8(11)6-4-2-3-5-7(6)9;;/h2-5H,9H2,1H3,(H,10,11);1H2;. The molecule has 3 N–H and O–H groups in total. The third-order valence-electron chi connectivity index (χ3n) is 1.43. The van der Waals surface area contributed by atoms with Gasteiger partial charge in [0.05, 0.1) is 5.56 Å². The molecule has 0 radical (unpaired) electrons. The Morgan fingerprint density at radius 3 is 2.46 bits per heavy atom. The van der Waals surface area contributed by atoms with Crippen LogP contribution in [0, 0.1) is 0 Å². The van der Waals surface area contributed by atoms with Crippen molar-refractivity contribution in [1.29, 1.82) is 0 Å². The molecule has 13 heavy (non-hydrogen) atoms. The summed E-state index contributed by atoms with van der Waals surface area (Å²) in [5.74, 6) is -0.150. The molecule has 0 saturated carbocycles. The quantitative estimate of drug-likeness (QED) is 0.674. The summed E-state index contributed by atoms with van der Waals surface area (Å²) >= 11 is 2.06. The first-order chi connectivity index (χ1) is 6.25. The number of benzene rings is 1. The van der Waals surface area contributed by atoms with E-state index in [4.69, 9.17) is 5.73 Å². The molecule has 69 valence electrons. The zero-order valence-electron chi connectivity index (χ0n) is 7.45. The van der Waals surface area contributed by atoms with Crippen LogP contribution in [0.15, 0.2) is 24.3 Å². The number of hydrogen-bond donors (Lipinski definition) is 2. The number of hydrogen-bond acceptors (Lipinski definition) is 2. The van der Waals surface area contributed by atoms with Crippen molar-refractivity contribution in [3.63, 3.8) is 0 Å². The molecule has 0 bridgehead atoms. The maximum atomic E-state index is 11.0. The van der Waals surface area contributed by atoms with Gasteiger partial charge in [-0.15, -0.1) is 0 Å². The van der Waals surface area contributed by atoms with Crippen molar-refractivity contribution in [3.05, 3.63) is 29.8 Å². The third kappa shape index (κ3) is 3.44. The Morgan fingerprint density at radius 1 is 1.46 bits per heavy atom. The van der Waals surface area contributed by atoms with Crippen LogP contribution in [0.5, 0.6) is 0 Å².